The van der Waals surface area contributed by atoms with Gasteiger partial charge in [-0.05, 0) is 31.1 Å². The standard InChI is InChI=1S/C16H21N3O/c1-3-16(20)17-12-8-4-5-11-15-18-13-9-6-7-10-14(13)19(15)2/h3,6-7,9-10H,1,4-5,8,11-12H2,2H3,(H,17,20). The number of hydrogen-bond acceptors (Lipinski definition) is 2. The van der Waals surface area contributed by atoms with E-state index >= 15 is 0 Å². The van der Waals surface area contributed by atoms with E-state index in [0.29, 0.717) is 6.54 Å². The van der Waals surface area contributed by atoms with Crippen molar-refractivity contribution in [2.45, 2.75) is 25.7 Å². The summed E-state index contributed by atoms with van der Waals surface area (Å²) in [7, 11) is 2.06. The lowest BCUT2D eigenvalue weighted by atomic mass is 10.2. The first-order chi connectivity index (χ1) is 9.72. The highest BCUT2D eigenvalue weighted by atomic mass is 16.1. The predicted octanol–water partition coefficient (Wildman–Crippen LogP) is 2.59. The number of rotatable bonds is 7. The molecule has 4 nitrogen and oxygen atoms in total. The molecular weight excluding hydrogens is 250 g/mol. The van der Waals surface area contributed by atoms with E-state index in [9.17, 15) is 4.79 Å². The van der Waals surface area contributed by atoms with Gasteiger partial charge in [-0.1, -0.05) is 25.1 Å². The Labute approximate surface area is 119 Å². The minimum Gasteiger partial charge on any atom is -0.353 e. The van der Waals surface area contributed by atoms with Crippen LogP contribution in [0.25, 0.3) is 11.0 Å². The summed E-state index contributed by atoms with van der Waals surface area (Å²) in [6.45, 7) is 4.14. The highest BCUT2D eigenvalue weighted by molar-refractivity contribution is 5.86. The molecule has 0 saturated heterocycles. The third-order valence-corrected chi connectivity index (χ3v) is 3.44. The number of fused-ring (bicyclic) bond motifs is 1. The number of carbonyl (C=O) groups is 1. The Morgan fingerprint density at radius 2 is 2.15 bits per heavy atom. The van der Waals surface area contributed by atoms with Crippen LogP contribution in [0.15, 0.2) is 36.9 Å². The maximum Gasteiger partial charge on any atom is 0.243 e. The molecule has 1 N–H and O–H groups in total. The normalized spacial score (nSPS) is 10.7. The fraction of sp³-hybridized carbons (Fsp3) is 0.375. The molecule has 0 saturated carbocycles. The molecule has 1 aromatic heterocycles. The van der Waals surface area contributed by atoms with Crippen LogP contribution < -0.4 is 5.32 Å². The van der Waals surface area contributed by atoms with Crippen LogP contribution in [0.5, 0.6) is 0 Å². The summed E-state index contributed by atoms with van der Waals surface area (Å²) in [5, 5.41) is 2.79. The Hall–Kier alpha value is -2.10. The molecule has 0 bridgehead atoms. The zero-order valence-electron chi connectivity index (χ0n) is 11.9. The van der Waals surface area contributed by atoms with Gasteiger partial charge in [0.1, 0.15) is 5.82 Å². The summed E-state index contributed by atoms with van der Waals surface area (Å²) >= 11 is 0. The van der Waals surface area contributed by atoms with E-state index in [0.717, 1.165) is 37.0 Å². The van der Waals surface area contributed by atoms with E-state index in [1.807, 2.05) is 18.2 Å². The maximum atomic E-state index is 11.0. The van der Waals surface area contributed by atoms with Gasteiger partial charge >= 0.3 is 0 Å². The Bertz CT molecular complexity index is 601. The molecule has 0 atom stereocenters. The fourth-order valence-electron chi connectivity index (χ4n) is 2.29. The van der Waals surface area contributed by atoms with Crippen LogP contribution in [0.4, 0.5) is 0 Å². The van der Waals surface area contributed by atoms with E-state index in [1.54, 1.807) is 0 Å². The summed E-state index contributed by atoms with van der Waals surface area (Å²) in [6.07, 6.45) is 5.44. The first kappa shape index (κ1) is 14.3. The van der Waals surface area contributed by atoms with Gasteiger partial charge in [-0.25, -0.2) is 4.98 Å². The summed E-state index contributed by atoms with van der Waals surface area (Å²) in [4.78, 5) is 15.6. The number of aryl methyl sites for hydroxylation is 2. The molecule has 1 aromatic carbocycles. The van der Waals surface area contributed by atoms with Crippen molar-refractivity contribution < 1.29 is 4.79 Å². The molecule has 20 heavy (non-hydrogen) atoms. The van der Waals surface area contributed by atoms with Crippen LogP contribution >= 0.6 is 0 Å². The summed E-state index contributed by atoms with van der Waals surface area (Å²) in [5.74, 6) is 1.03. The van der Waals surface area contributed by atoms with E-state index < -0.39 is 0 Å². The van der Waals surface area contributed by atoms with Gasteiger partial charge in [0.25, 0.3) is 0 Å². The zero-order valence-corrected chi connectivity index (χ0v) is 11.9. The first-order valence-electron chi connectivity index (χ1n) is 7.03. The molecule has 1 heterocycles. The zero-order chi connectivity index (χ0) is 14.4. The number of unbranched alkanes of at least 4 members (excludes halogenated alkanes) is 2. The van der Waals surface area contributed by atoms with Crippen molar-refractivity contribution in [2.75, 3.05) is 6.54 Å². The van der Waals surface area contributed by atoms with Gasteiger partial charge in [-0.3, -0.25) is 4.79 Å². The lowest BCUT2D eigenvalue weighted by Gasteiger charge is -2.03. The molecule has 1 amide bonds. The van der Waals surface area contributed by atoms with Crippen LogP contribution in [-0.2, 0) is 18.3 Å². The smallest absolute Gasteiger partial charge is 0.243 e. The van der Waals surface area contributed by atoms with Gasteiger partial charge in [0, 0.05) is 20.0 Å². The highest BCUT2D eigenvalue weighted by Gasteiger charge is 2.06. The molecule has 0 aliphatic carbocycles. The monoisotopic (exact) mass is 271 g/mol. The van der Waals surface area contributed by atoms with Crippen LogP contribution in [-0.4, -0.2) is 22.0 Å². The Balaban J connectivity index is 1.77. The van der Waals surface area contributed by atoms with E-state index in [4.69, 9.17) is 0 Å². The van der Waals surface area contributed by atoms with Crippen LogP contribution in [0.3, 0.4) is 0 Å². The topological polar surface area (TPSA) is 46.9 Å². The average Bonchev–Trinajstić information content (AvgIpc) is 2.79. The van der Waals surface area contributed by atoms with Crippen molar-refractivity contribution >= 4 is 16.9 Å². The second-order valence-corrected chi connectivity index (χ2v) is 4.88. The van der Waals surface area contributed by atoms with E-state index in [-0.39, 0.29) is 5.91 Å². The lowest BCUT2D eigenvalue weighted by Crippen LogP contribution is -2.21. The fourth-order valence-corrected chi connectivity index (χ4v) is 2.29. The van der Waals surface area contributed by atoms with Crippen molar-refractivity contribution in [3.8, 4) is 0 Å². The molecule has 4 heteroatoms. The van der Waals surface area contributed by atoms with E-state index in [1.165, 1.54) is 11.6 Å². The second kappa shape index (κ2) is 6.89. The largest absolute Gasteiger partial charge is 0.353 e. The molecule has 0 unspecified atom stereocenters. The minimum absolute atomic E-state index is 0.0969. The maximum absolute atomic E-state index is 11.0. The number of nitrogens with one attached hydrogen (secondary N) is 1. The van der Waals surface area contributed by atoms with Gasteiger partial charge in [0.15, 0.2) is 0 Å². The number of imidazole rings is 1. The molecule has 0 fully saturated rings. The molecule has 106 valence electrons. The van der Waals surface area contributed by atoms with Crippen molar-refractivity contribution in [1.82, 2.24) is 14.9 Å². The Morgan fingerprint density at radius 3 is 2.90 bits per heavy atom. The number of benzene rings is 1. The molecule has 0 spiro atoms. The minimum atomic E-state index is -0.0969. The number of amides is 1. The second-order valence-electron chi connectivity index (χ2n) is 4.88. The number of nitrogens with zero attached hydrogens (tertiary/aromatic N) is 2. The molecular formula is C16H21N3O. The molecule has 2 aromatic rings. The number of hydrogen-bond donors (Lipinski definition) is 1. The van der Waals surface area contributed by atoms with Gasteiger partial charge in [0.05, 0.1) is 11.0 Å². The summed E-state index contributed by atoms with van der Waals surface area (Å²) in [5.41, 5.74) is 2.24. The third kappa shape index (κ3) is 3.47. The van der Waals surface area contributed by atoms with Crippen molar-refractivity contribution in [1.29, 1.82) is 0 Å². The van der Waals surface area contributed by atoms with Crippen LogP contribution in [0.1, 0.15) is 25.1 Å². The van der Waals surface area contributed by atoms with Gasteiger partial charge in [0.2, 0.25) is 5.91 Å². The molecule has 2 rings (SSSR count). The van der Waals surface area contributed by atoms with Gasteiger partial charge in [-0.2, -0.15) is 0 Å². The third-order valence-electron chi connectivity index (χ3n) is 3.44. The summed E-state index contributed by atoms with van der Waals surface area (Å²) in [6, 6.07) is 8.19. The SMILES string of the molecule is C=CC(=O)NCCCCCc1nc2ccccc2n1C. The van der Waals surface area contributed by atoms with Crippen molar-refractivity contribution in [3.63, 3.8) is 0 Å². The van der Waals surface area contributed by atoms with Crippen molar-refractivity contribution in [2.24, 2.45) is 7.05 Å². The quantitative estimate of drug-likeness (QED) is 0.621. The summed E-state index contributed by atoms with van der Waals surface area (Å²) < 4.78 is 2.16. The highest BCUT2D eigenvalue weighted by Crippen LogP contribution is 2.15. The number of carbonyl (C=O) groups excluding carboxylic acids is 1. The molecule has 0 aliphatic rings. The van der Waals surface area contributed by atoms with Crippen LogP contribution in [0, 0.1) is 0 Å². The number of aromatic nitrogens is 2. The first-order valence-corrected chi connectivity index (χ1v) is 7.03. The predicted molar refractivity (Wildman–Crippen MR) is 81.5 cm³/mol. The molecule has 0 radical (unpaired) electrons. The van der Waals surface area contributed by atoms with Crippen LogP contribution in [0.2, 0.25) is 0 Å². The van der Waals surface area contributed by atoms with E-state index in [2.05, 4.69) is 34.6 Å². The average molecular weight is 271 g/mol. The number of para-hydroxylation sites is 2. The Kier molecular flexibility index (Phi) is 4.93. The van der Waals surface area contributed by atoms with Gasteiger partial charge in [-0.15, -0.1) is 0 Å². The molecule has 0 aliphatic heterocycles. The Morgan fingerprint density at radius 1 is 1.35 bits per heavy atom. The lowest BCUT2D eigenvalue weighted by molar-refractivity contribution is -0.116. The van der Waals surface area contributed by atoms with Gasteiger partial charge < -0.3 is 9.88 Å². The van der Waals surface area contributed by atoms with Crippen molar-refractivity contribution in [3.05, 3.63) is 42.7 Å².